The number of carbonyl (C=O) groups excluding carboxylic acids is 2. The van der Waals surface area contributed by atoms with Crippen molar-refractivity contribution in [3.8, 4) is 5.69 Å². The molecule has 1 fully saturated rings. The molecule has 6 nitrogen and oxygen atoms in total. The Morgan fingerprint density at radius 3 is 2.61 bits per heavy atom. The van der Waals surface area contributed by atoms with Gasteiger partial charge in [-0.2, -0.15) is 5.10 Å². The van der Waals surface area contributed by atoms with E-state index in [9.17, 15) is 18.4 Å². The highest BCUT2D eigenvalue weighted by Crippen LogP contribution is 2.30. The van der Waals surface area contributed by atoms with E-state index >= 15 is 0 Å². The zero-order valence-corrected chi connectivity index (χ0v) is 18.1. The standard InChI is InChI=1S/C23H27F2N3O3/c1-23(2,3)31-22(30)14-6-5-11-27(13-14)21(29)20-16-7-4-8-19(16)28(26-20)15-9-10-17(24)18(25)12-15/h9-10,12,14H,4-8,11,13H2,1-3H3. The third-order valence-electron chi connectivity index (χ3n) is 5.73. The maximum atomic E-state index is 13.8. The second kappa shape index (κ2) is 8.05. The number of hydrogen-bond acceptors (Lipinski definition) is 4. The third-order valence-corrected chi connectivity index (χ3v) is 5.73. The summed E-state index contributed by atoms with van der Waals surface area (Å²) in [6.07, 6.45) is 3.69. The summed E-state index contributed by atoms with van der Waals surface area (Å²) in [5.74, 6) is -2.76. The molecule has 1 saturated heterocycles. The van der Waals surface area contributed by atoms with E-state index in [0.29, 0.717) is 43.7 Å². The van der Waals surface area contributed by atoms with E-state index in [1.807, 2.05) is 20.8 Å². The first kappa shape index (κ1) is 21.5. The van der Waals surface area contributed by atoms with Crippen LogP contribution in [0.2, 0.25) is 0 Å². The Balaban J connectivity index is 1.59. The molecule has 8 heteroatoms. The van der Waals surface area contributed by atoms with Gasteiger partial charge in [0.1, 0.15) is 5.60 Å². The summed E-state index contributed by atoms with van der Waals surface area (Å²) in [6, 6.07) is 3.61. The number of fused-ring (bicyclic) bond motifs is 1. The van der Waals surface area contributed by atoms with Crippen molar-refractivity contribution in [2.24, 2.45) is 5.92 Å². The first-order valence-electron chi connectivity index (χ1n) is 10.7. The van der Waals surface area contributed by atoms with Gasteiger partial charge in [-0.05, 0) is 65.0 Å². The first-order valence-corrected chi connectivity index (χ1v) is 10.7. The molecule has 1 aromatic heterocycles. The predicted molar refractivity (Wildman–Crippen MR) is 110 cm³/mol. The zero-order chi connectivity index (χ0) is 22.3. The molecule has 4 rings (SSSR count). The number of nitrogens with zero attached hydrogens (tertiary/aromatic N) is 3. The van der Waals surface area contributed by atoms with Gasteiger partial charge >= 0.3 is 5.97 Å². The highest BCUT2D eigenvalue weighted by atomic mass is 19.2. The van der Waals surface area contributed by atoms with Crippen molar-refractivity contribution in [3.63, 3.8) is 0 Å². The van der Waals surface area contributed by atoms with Gasteiger partial charge in [-0.1, -0.05) is 0 Å². The largest absolute Gasteiger partial charge is 0.460 e. The van der Waals surface area contributed by atoms with Crippen LogP contribution < -0.4 is 0 Å². The number of carbonyl (C=O) groups is 2. The molecule has 0 saturated carbocycles. The topological polar surface area (TPSA) is 64.4 Å². The molecule has 1 unspecified atom stereocenters. The van der Waals surface area contributed by atoms with Crippen LogP contribution in [0.4, 0.5) is 8.78 Å². The number of hydrogen-bond donors (Lipinski definition) is 0. The van der Waals surface area contributed by atoms with E-state index < -0.39 is 17.2 Å². The van der Waals surface area contributed by atoms with Gasteiger partial charge < -0.3 is 9.64 Å². The van der Waals surface area contributed by atoms with Crippen LogP contribution in [-0.2, 0) is 22.4 Å². The number of halogens is 2. The molecule has 0 bridgehead atoms. The minimum atomic E-state index is -0.955. The lowest BCUT2D eigenvalue weighted by atomic mass is 9.97. The predicted octanol–water partition coefficient (Wildman–Crippen LogP) is 3.83. The number of piperidine rings is 1. The number of amides is 1. The molecule has 2 aliphatic rings. The van der Waals surface area contributed by atoms with E-state index in [2.05, 4.69) is 5.10 Å². The van der Waals surface area contributed by atoms with Gasteiger partial charge in [-0.25, -0.2) is 13.5 Å². The van der Waals surface area contributed by atoms with Crippen LogP contribution in [0.3, 0.4) is 0 Å². The van der Waals surface area contributed by atoms with Crippen LogP contribution in [0.5, 0.6) is 0 Å². The molecule has 2 aromatic rings. The summed E-state index contributed by atoms with van der Waals surface area (Å²) in [5, 5.41) is 4.50. The van der Waals surface area contributed by atoms with Crippen LogP contribution in [0.1, 0.15) is 61.8 Å². The van der Waals surface area contributed by atoms with Crippen LogP contribution in [-0.4, -0.2) is 45.2 Å². The summed E-state index contributed by atoms with van der Waals surface area (Å²) in [4.78, 5) is 27.5. The van der Waals surface area contributed by atoms with Crippen molar-refractivity contribution in [1.29, 1.82) is 0 Å². The number of likely N-dealkylation sites (tertiary alicyclic amines) is 1. The fourth-order valence-corrected chi connectivity index (χ4v) is 4.33. The number of esters is 1. The van der Waals surface area contributed by atoms with Gasteiger partial charge in [0.05, 0.1) is 11.6 Å². The SMILES string of the molecule is CC(C)(C)OC(=O)C1CCCN(C(=O)c2nn(-c3ccc(F)c(F)c3)c3c2CCC3)C1. The Bertz CT molecular complexity index is 1030. The lowest BCUT2D eigenvalue weighted by Crippen LogP contribution is -2.44. The van der Waals surface area contributed by atoms with E-state index in [1.54, 1.807) is 9.58 Å². The first-order chi connectivity index (χ1) is 14.6. The Morgan fingerprint density at radius 1 is 1.13 bits per heavy atom. The normalized spacial score (nSPS) is 18.7. The van der Waals surface area contributed by atoms with Crippen molar-refractivity contribution in [3.05, 3.63) is 46.8 Å². The van der Waals surface area contributed by atoms with E-state index in [0.717, 1.165) is 36.2 Å². The molecule has 1 aromatic carbocycles. The second-order valence-electron chi connectivity index (χ2n) is 9.26. The molecule has 1 aliphatic carbocycles. The molecule has 31 heavy (non-hydrogen) atoms. The smallest absolute Gasteiger partial charge is 0.311 e. The van der Waals surface area contributed by atoms with E-state index in [4.69, 9.17) is 4.74 Å². The lowest BCUT2D eigenvalue weighted by Gasteiger charge is -2.33. The van der Waals surface area contributed by atoms with E-state index in [-0.39, 0.29) is 17.8 Å². The molecule has 0 N–H and O–H groups in total. The van der Waals surface area contributed by atoms with Crippen molar-refractivity contribution >= 4 is 11.9 Å². The van der Waals surface area contributed by atoms with Crippen molar-refractivity contribution in [2.75, 3.05) is 13.1 Å². The van der Waals surface area contributed by atoms with E-state index in [1.165, 1.54) is 6.07 Å². The molecule has 1 aliphatic heterocycles. The molecule has 0 spiro atoms. The van der Waals surface area contributed by atoms with Gasteiger partial charge in [-0.3, -0.25) is 9.59 Å². The van der Waals surface area contributed by atoms with Crippen molar-refractivity contribution < 1.29 is 23.1 Å². The van der Waals surface area contributed by atoms with Crippen LogP contribution in [0.25, 0.3) is 5.69 Å². The Morgan fingerprint density at radius 2 is 1.90 bits per heavy atom. The summed E-state index contributed by atoms with van der Waals surface area (Å²) in [7, 11) is 0. The summed E-state index contributed by atoms with van der Waals surface area (Å²) < 4.78 is 34.2. The molecule has 1 amide bonds. The molecular formula is C23H27F2N3O3. The number of benzene rings is 1. The summed E-state index contributed by atoms with van der Waals surface area (Å²) in [5.41, 5.74) is 1.86. The second-order valence-corrected chi connectivity index (χ2v) is 9.26. The van der Waals surface area contributed by atoms with Crippen LogP contribution in [0.15, 0.2) is 18.2 Å². The molecule has 1 atom stereocenters. The highest BCUT2D eigenvalue weighted by Gasteiger charge is 2.35. The Hall–Kier alpha value is -2.77. The minimum Gasteiger partial charge on any atom is -0.460 e. The molecule has 0 radical (unpaired) electrons. The lowest BCUT2D eigenvalue weighted by molar-refractivity contribution is -0.161. The maximum Gasteiger partial charge on any atom is 0.311 e. The maximum absolute atomic E-state index is 13.8. The summed E-state index contributed by atoms with van der Waals surface area (Å²) >= 11 is 0. The molecule has 166 valence electrons. The Kier molecular flexibility index (Phi) is 5.58. The van der Waals surface area contributed by atoms with Crippen LogP contribution in [0, 0.1) is 17.6 Å². The van der Waals surface area contributed by atoms with Gasteiger partial charge in [0.25, 0.3) is 5.91 Å². The minimum absolute atomic E-state index is 0.229. The zero-order valence-electron chi connectivity index (χ0n) is 18.1. The van der Waals surface area contributed by atoms with Gasteiger partial charge in [0, 0.05) is 30.4 Å². The number of rotatable bonds is 3. The van der Waals surface area contributed by atoms with Gasteiger partial charge in [0.15, 0.2) is 17.3 Å². The number of ether oxygens (including phenoxy) is 1. The highest BCUT2D eigenvalue weighted by molar-refractivity contribution is 5.94. The number of aromatic nitrogens is 2. The average molecular weight is 431 g/mol. The summed E-state index contributed by atoms with van der Waals surface area (Å²) in [6.45, 7) is 6.31. The average Bonchev–Trinajstić information content (AvgIpc) is 3.31. The van der Waals surface area contributed by atoms with Gasteiger partial charge in [-0.15, -0.1) is 0 Å². The fourth-order valence-electron chi connectivity index (χ4n) is 4.33. The monoisotopic (exact) mass is 431 g/mol. The van der Waals surface area contributed by atoms with Crippen molar-refractivity contribution in [2.45, 2.75) is 58.5 Å². The van der Waals surface area contributed by atoms with Gasteiger partial charge in [0.2, 0.25) is 0 Å². The molecule has 2 heterocycles. The van der Waals surface area contributed by atoms with Crippen LogP contribution >= 0.6 is 0 Å². The third kappa shape index (κ3) is 4.34. The quantitative estimate of drug-likeness (QED) is 0.693. The molecular weight excluding hydrogens is 404 g/mol. The fraction of sp³-hybridized carbons (Fsp3) is 0.522. The van der Waals surface area contributed by atoms with Crippen molar-refractivity contribution in [1.82, 2.24) is 14.7 Å². The Labute approximate surface area is 180 Å².